The van der Waals surface area contributed by atoms with E-state index in [-0.39, 0.29) is 5.91 Å². The van der Waals surface area contributed by atoms with Gasteiger partial charge in [-0.25, -0.2) is 4.98 Å². The second-order valence-corrected chi connectivity index (χ2v) is 9.36. The summed E-state index contributed by atoms with van der Waals surface area (Å²) >= 11 is 0. The Morgan fingerprint density at radius 2 is 1.75 bits per heavy atom. The van der Waals surface area contributed by atoms with Crippen LogP contribution in [-0.2, 0) is 13.5 Å². The maximum atomic E-state index is 12.8. The van der Waals surface area contributed by atoms with E-state index in [0.29, 0.717) is 11.3 Å². The van der Waals surface area contributed by atoms with Crippen LogP contribution in [0.15, 0.2) is 66.7 Å². The van der Waals surface area contributed by atoms with E-state index in [1.165, 1.54) is 11.3 Å². The zero-order chi connectivity index (χ0) is 25.1. The molecule has 0 atom stereocenters. The lowest BCUT2D eigenvalue weighted by molar-refractivity contribution is 0.102. The summed E-state index contributed by atoms with van der Waals surface area (Å²) in [6.45, 7) is 7.30. The average Bonchev–Trinajstić information content (AvgIpc) is 3.22. The fourth-order valence-corrected chi connectivity index (χ4v) is 4.83. The van der Waals surface area contributed by atoms with Crippen LogP contribution < -0.4 is 15.0 Å². The molecule has 1 fully saturated rings. The third kappa shape index (κ3) is 5.06. The van der Waals surface area contributed by atoms with Gasteiger partial charge in [0.1, 0.15) is 11.6 Å². The van der Waals surface area contributed by atoms with E-state index in [2.05, 4.69) is 57.9 Å². The van der Waals surface area contributed by atoms with E-state index in [4.69, 9.17) is 9.72 Å². The highest BCUT2D eigenvalue weighted by atomic mass is 16.5. The molecule has 2 heterocycles. The number of ether oxygens (including phenoxy) is 1. The van der Waals surface area contributed by atoms with Gasteiger partial charge < -0.3 is 19.5 Å². The Morgan fingerprint density at radius 1 is 1.00 bits per heavy atom. The van der Waals surface area contributed by atoms with Crippen LogP contribution in [-0.4, -0.2) is 60.2 Å². The van der Waals surface area contributed by atoms with Gasteiger partial charge in [0.25, 0.3) is 5.91 Å². The predicted octanol–water partition coefficient (Wildman–Crippen LogP) is 4.51. The Hall–Kier alpha value is -3.84. The number of imidazole rings is 1. The third-order valence-corrected chi connectivity index (χ3v) is 7.01. The van der Waals surface area contributed by atoms with Crippen LogP contribution in [0.5, 0.6) is 5.75 Å². The molecule has 0 bridgehead atoms. The van der Waals surface area contributed by atoms with E-state index in [1.807, 2.05) is 30.3 Å². The lowest BCUT2D eigenvalue weighted by Crippen LogP contribution is -2.47. The lowest BCUT2D eigenvalue weighted by Gasteiger charge is -2.36. The summed E-state index contributed by atoms with van der Waals surface area (Å²) < 4.78 is 7.48. The number of carbonyl (C=O) groups is 1. The SMILES string of the molecule is COc1ccccc1C(=O)Nc1ccc2c(c1)nc(CCN1CCN(c3ccc(C)cc3)CC1)n2C. The van der Waals surface area contributed by atoms with Crippen molar-refractivity contribution in [1.82, 2.24) is 14.5 Å². The molecule has 0 spiro atoms. The van der Waals surface area contributed by atoms with Gasteiger partial charge in [0, 0.05) is 57.6 Å². The molecule has 5 rings (SSSR count). The first kappa shape index (κ1) is 23.9. The first-order valence-electron chi connectivity index (χ1n) is 12.5. The third-order valence-electron chi connectivity index (χ3n) is 7.01. The number of nitrogens with one attached hydrogen (secondary N) is 1. The van der Waals surface area contributed by atoms with Crippen molar-refractivity contribution in [3.05, 3.63) is 83.7 Å². The number of piperazine rings is 1. The monoisotopic (exact) mass is 483 g/mol. The minimum atomic E-state index is -0.201. The summed E-state index contributed by atoms with van der Waals surface area (Å²) in [6.07, 6.45) is 0.888. The highest BCUT2D eigenvalue weighted by molar-refractivity contribution is 6.06. The molecule has 0 radical (unpaired) electrons. The van der Waals surface area contributed by atoms with Gasteiger partial charge in [-0.15, -0.1) is 0 Å². The van der Waals surface area contributed by atoms with Crippen molar-refractivity contribution in [3.8, 4) is 5.75 Å². The molecular weight excluding hydrogens is 450 g/mol. The van der Waals surface area contributed by atoms with Gasteiger partial charge in [0.2, 0.25) is 0 Å². The van der Waals surface area contributed by atoms with Crippen molar-refractivity contribution in [3.63, 3.8) is 0 Å². The summed E-state index contributed by atoms with van der Waals surface area (Å²) in [5.41, 5.74) is 5.77. The molecule has 0 unspecified atom stereocenters. The lowest BCUT2D eigenvalue weighted by atomic mass is 10.2. The highest BCUT2D eigenvalue weighted by Gasteiger charge is 2.18. The second-order valence-electron chi connectivity index (χ2n) is 9.36. The summed E-state index contributed by atoms with van der Waals surface area (Å²) in [4.78, 5) is 22.7. The minimum Gasteiger partial charge on any atom is -0.496 e. The Balaban J connectivity index is 1.20. The van der Waals surface area contributed by atoms with Gasteiger partial charge in [-0.3, -0.25) is 9.69 Å². The van der Waals surface area contributed by atoms with E-state index >= 15 is 0 Å². The number of amides is 1. The van der Waals surface area contributed by atoms with E-state index in [0.717, 1.165) is 61.7 Å². The number of para-hydroxylation sites is 1. The minimum absolute atomic E-state index is 0.201. The molecule has 1 N–H and O–H groups in total. The van der Waals surface area contributed by atoms with Crippen LogP contribution in [0.4, 0.5) is 11.4 Å². The predicted molar refractivity (Wildman–Crippen MR) is 145 cm³/mol. The first-order valence-corrected chi connectivity index (χ1v) is 12.5. The summed E-state index contributed by atoms with van der Waals surface area (Å²) in [5.74, 6) is 1.41. The number of rotatable bonds is 7. The van der Waals surface area contributed by atoms with Crippen LogP contribution in [0.3, 0.4) is 0 Å². The molecule has 3 aromatic carbocycles. The molecule has 1 aliphatic rings. The van der Waals surface area contributed by atoms with E-state index in [1.54, 1.807) is 19.2 Å². The Bertz CT molecular complexity index is 1350. The van der Waals surface area contributed by atoms with Gasteiger partial charge in [-0.1, -0.05) is 29.8 Å². The van der Waals surface area contributed by atoms with Crippen molar-refractivity contribution in [2.45, 2.75) is 13.3 Å². The van der Waals surface area contributed by atoms with Crippen molar-refractivity contribution < 1.29 is 9.53 Å². The Morgan fingerprint density at radius 3 is 2.50 bits per heavy atom. The van der Waals surface area contributed by atoms with Crippen molar-refractivity contribution in [2.75, 3.05) is 50.1 Å². The molecule has 0 saturated carbocycles. The second kappa shape index (κ2) is 10.4. The van der Waals surface area contributed by atoms with E-state index < -0.39 is 0 Å². The highest BCUT2D eigenvalue weighted by Crippen LogP contribution is 2.23. The quantitative estimate of drug-likeness (QED) is 0.419. The largest absolute Gasteiger partial charge is 0.496 e. The summed E-state index contributed by atoms with van der Waals surface area (Å²) in [7, 11) is 3.63. The normalized spacial score (nSPS) is 14.2. The Kier molecular flexibility index (Phi) is 6.91. The molecule has 36 heavy (non-hydrogen) atoms. The maximum Gasteiger partial charge on any atom is 0.259 e. The number of aryl methyl sites for hydroxylation is 2. The van der Waals surface area contributed by atoms with Crippen LogP contribution >= 0.6 is 0 Å². The number of anilines is 2. The van der Waals surface area contributed by atoms with Gasteiger partial charge >= 0.3 is 0 Å². The number of benzene rings is 3. The van der Waals surface area contributed by atoms with Gasteiger partial charge in [-0.2, -0.15) is 0 Å². The van der Waals surface area contributed by atoms with Crippen LogP contribution in [0.25, 0.3) is 11.0 Å². The number of hydrogen-bond acceptors (Lipinski definition) is 5. The van der Waals surface area contributed by atoms with Crippen molar-refractivity contribution >= 4 is 28.3 Å². The molecule has 1 aromatic heterocycles. The Labute approximate surface area is 212 Å². The molecular formula is C29H33N5O2. The number of nitrogens with zero attached hydrogens (tertiary/aromatic N) is 4. The molecule has 0 aliphatic carbocycles. The smallest absolute Gasteiger partial charge is 0.259 e. The molecule has 4 aromatic rings. The van der Waals surface area contributed by atoms with Gasteiger partial charge in [0.05, 0.1) is 23.7 Å². The van der Waals surface area contributed by atoms with Crippen LogP contribution in [0.1, 0.15) is 21.7 Å². The molecule has 1 saturated heterocycles. The van der Waals surface area contributed by atoms with E-state index in [9.17, 15) is 4.79 Å². The number of carbonyl (C=O) groups excluding carboxylic acids is 1. The molecule has 1 amide bonds. The van der Waals surface area contributed by atoms with Gasteiger partial charge in [0.15, 0.2) is 0 Å². The maximum absolute atomic E-state index is 12.8. The fourth-order valence-electron chi connectivity index (χ4n) is 4.83. The van der Waals surface area contributed by atoms with Gasteiger partial charge in [-0.05, 0) is 49.4 Å². The average molecular weight is 484 g/mol. The first-order chi connectivity index (χ1) is 17.5. The summed E-state index contributed by atoms with van der Waals surface area (Å²) in [5, 5.41) is 2.98. The number of aromatic nitrogens is 2. The summed E-state index contributed by atoms with van der Waals surface area (Å²) in [6, 6.07) is 21.9. The van der Waals surface area contributed by atoms with Crippen LogP contribution in [0, 0.1) is 6.92 Å². The number of methoxy groups -OCH3 is 1. The zero-order valence-corrected chi connectivity index (χ0v) is 21.2. The molecule has 1 aliphatic heterocycles. The molecule has 186 valence electrons. The standard InChI is InChI=1S/C29H33N5O2/c1-21-8-11-23(12-9-21)34-18-16-33(17-19-34)15-14-28-31-25-20-22(10-13-26(25)32(28)2)30-29(35)24-6-4-5-7-27(24)36-3/h4-13,20H,14-19H2,1-3H3,(H,30,35). The molecule has 7 heteroatoms. The zero-order valence-electron chi connectivity index (χ0n) is 21.2. The van der Waals surface area contributed by atoms with Crippen molar-refractivity contribution in [2.24, 2.45) is 7.05 Å². The number of fused-ring (bicyclic) bond motifs is 1. The topological polar surface area (TPSA) is 62.6 Å². The fraction of sp³-hybridized carbons (Fsp3) is 0.310. The number of hydrogen-bond donors (Lipinski definition) is 1. The van der Waals surface area contributed by atoms with Crippen molar-refractivity contribution in [1.29, 1.82) is 0 Å². The van der Waals surface area contributed by atoms with Crippen LogP contribution in [0.2, 0.25) is 0 Å². The molecule has 7 nitrogen and oxygen atoms in total.